The van der Waals surface area contributed by atoms with Crippen LogP contribution in [0.3, 0.4) is 0 Å². The first-order chi connectivity index (χ1) is 9.57. The van der Waals surface area contributed by atoms with Gasteiger partial charge in [0.2, 0.25) is 0 Å². The topological polar surface area (TPSA) is 9.23 Å². The first-order valence-corrected chi connectivity index (χ1v) is 8.85. The first kappa shape index (κ1) is 19.7. The largest absolute Gasteiger partial charge is 0.371 e. The van der Waals surface area contributed by atoms with Gasteiger partial charge in [-0.3, -0.25) is 0 Å². The Bertz CT molecular complexity index is 234. The lowest BCUT2D eigenvalue weighted by molar-refractivity contribution is -0.0647. The highest BCUT2D eigenvalue weighted by Gasteiger charge is 2.36. The zero-order chi connectivity index (χ0) is 15.4. The van der Waals surface area contributed by atoms with Crippen molar-refractivity contribution in [3.05, 3.63) is 12.7 Å². The molecular formula is C19H38O. The van der Waals surface area contributed by atoms with E-state index in [1.807, 2.05) is 0 Å². The van der Waals surface area contributed by atoms with Crippen LogP contribution in [0.15, 0.2) is 12.7 Å². The minimum Gasteiger partial charge on any atom is -0.371 e. The molecule has 0 rings (SSSR count). The van der Waals surface area contributed by atoms with Crippen LogP contribution in [0.25, 0.3) is 0 Å². The van der Waals surface area contributed by atoms with E-state index < -0.39 is 0 Å². The van der Waals surface area contributed by atoms with Gasteiger partial charge in [-0.25, -0.2) is 0 Å². The van der Waals surface area contributed by atoms with Gasteiger partial charge >= 0.3 is 0 Å². The highest BCUT2D eigenvalue weighted by molar-refractivity contribution is 5.02. The monoisotopic (exact) mass is 282 g/mol. The Morgan fingerprint density at radius 2 is 1.60 bits per heavy atom. The van der Waals surface area contributed by atoms with Crippen molar-refractivity contribution >= 4 is 0 Å². The maximum atomic E-state index is 6.13. The average molecular weight is 283 g/mol. The number of rotatable bonds is 13. The van der Waals surface area contributed by atoms with Crippen molar-refractivity contribution in [2.24, 2.45) is 11.8 Å². The molecule has 20 heavy (non-hydrogen) atoms. The van der Waals surface area contributed by atoms with Crippen LogP contribution in [0.2, 0.25) is 0 Å². The molecule has 0 aliphatic heterocycles. The lowest BCUT2D eigenvalue weighted by atomic mass is 9.74. The molecule has 120 valence electrons. The van der Waals surface area contributed by atoms with Crippen LogP contribution in [-0.4, -0.2) is 12.2 Å². The van der Waals surface area contributed by atoms with E-state index >= 15 is 0 Å². The van der Waals surface area contributed by atoms with Gasteiger partial charge in [-0.2, -0.15) is 0 Å². The highest BCUT2D eigenvalue weighted by Crippen LogP contribution is 2.36. The maximum absolute atomic E-state index is 6.13. The molecule has 0 bridgehead atoms. The molecule has 1 heteroatoms. The van der Waals surface area contributed by atoms with Crippen LogP contribution in [-0.2, 0) is 4.74 Å². The van der Waals surface area contributed by atoms with Crippen molar-refractivity contribution < 1.29 is 4.74 Å². The lowest BCUT2D eigenvalue weighted by Gasteiger charge is -2.40. The Labute approximate surface area is 128 Å². The quantitative estimate of drug-likeness (QED) is 0.281. The minimum atomic E-state index is -0.119. The summed E-state index contributed by atoms with van der Waals surface area (Å²) in [4.78, 5) is 0. The van der Waals surface area contributed by atoms with Gasteiger partial charge in [0.1, 0.15) is 0 Å². The minimum absolute atomic E-state index is 0.119. The summed E-state index contributed by atoms with van der Waals surface area (Å²) >= 11 is 0. The van der Waals surface area contributed by atoms with Crippen LogP contribution in [0.4, 0.5) is 0 Å². The van der Waals surface area contributed by atoms with Gasteiger partial charge in [0, 0.05) is 6.61 Å². The van der Waals surface area contributed by atoms with Gasteiger partial charge in [0.25, 0.3) is 0 Å². The Morgan fingerprint density at radius 1 is 1.00 bits per heavy atom. The van der Waals surface area contributed by atoms with Crippen LogP contribution < -0.4 is 0 Å². The Hall–Kier alpha value is -0.300. The summed E-state index contributed by atoms with van der Waals surface area (Å²) in [6, 6.07) is 0. The summed E-state index contributed by atoms with van der Waals surface area (Å²) in [6.07, 6.45) is 12.6. The van der Waals surface area contributed by atoms with Gasteiger partial charge < -0.3 is 4.74 Å². The predicted octanol–water partition coefficient (Wildman–Crippen LogP) is 6.38. The lowest BCUT2D eigenvalue weighted by Crippen LogP contribution is -2.41. The standard InChI is InChI=1S/C19H38O/c1-7-11-12-13-14-15-16-18(17(5)6)19(8-2,9-3)20-10-4/h8,17-18H,2,7,9-16H2,1,3-6H3. The van der Waals surface area contributed by atoms with Crippen molar-refractivity contribution in [1.82, 2.24) is 0 Å². The second kappa shape index (κ2) is 11.4. The SMILES string of the molecule is C=CC(CC)(OCC)C(CCCCCCCC)C(C)C. The van der Waals surface area contributed by atoms with Crippen LogP contribution in [0, 0.1) is 11.8 Å². The van der Waals surface area contributed by atoms with E-state index in [1.165, 1.54) is 44.9 Å². The molecular weight excluding hydrogens is 244 g/mol. The molecule has 0 fully saturated rings. The first-order valence-electron chi connectivity index (χ1n) is 8.85. The van der Waals surface area contributed by atoms with Gasteiger partial charge in [-0.1, -0.05) is 72.3 Å². The molecule has 0 saturated heterocycles. The maximum Gasteiger partial charge on any atom is 0.0887 e. The summed E-state index contributed by atoms with van der Waals surface area (Å²) in [5.41, 5.74) is -0.119. The predicted molar refractivity (Wildman–Crippen MR) is 91.2 cm³/mol. The summed E-state index contributed by atoms with van der Waals surface area (Å²) in [5.74, 6) is 1.24. The summed E-state index contributed by atoms with van der Waals surface area (Å²) in [5, 5.41) is 0. The number of unbranched alkanes of at least 4 members (excludes halogenated alkanes) is 5. The van der Waals surface area contributed by atoms with E-state index in [9.17, 15) is 0 Å². The van der Waals surface area contributed by atoms with Gasteiger partial charge in [-0.05, 0) is 31.6 Å². The molecule has 1 nitrogen and oxygen atoms in total. The van der Waals surface area contributed by atoms with Gasteiger partial charge in [0.05, 0.1) is 5.60 Å². The number of hydrogen-bond donors (Lipinski definition) is 0. The van der Waals surface area contributed by atoms with Crippen LogP contribution >= 0.6 is 0 Å². The fourth-order valence-electron chi connectivity index (χ4n) is 3.38. The highest BCUT2D eigenvalue weighted by atomic mass is 16.5. The molecule has 0 amide bonds. The third-order valence-corrected chi connectivity index (χ3v) is 4.61. The van der Waals surface area contributed by atoms with E-state index in [0.717, 1.165) is 13.0 Å². The van der Waals surface area contributed by atoms with Crippen molar-refractivity contribution in [3.63, 3.8) is 0 Å². The molecule has 0 spiro atoms. The van der Waals surface area contributed by atoms with E-state index in [2.05, 4.69) is 47.3 Å². The number of ether oxygens (including phenoxy) is 1. The van der Waals surface area contributed by atoms with Crippen molar-refractivity contribution in [2.45, 2.75) is 91.6 Å². The van der Waals surface area contributed by atoms with E-state index in [0.29, 0.717) is 11.8 Å². The van der Waals surface area contributed by atoms with Crippen LogP contribution in [0.1, 0.15) is 86.0 Å². The van der Waals surface area contributed by atoms with E-state index in [1.54, 1.807) is 0 Å². The third-order valence-electron chi connectivity index (χ3n) is 4.61. The Balaban J connectivity index is 4.42. The molecule has 0 aliphatic carbocycles. The molecule has 0 N–H and O–H groups in total. The molecule has 0 aromatic rings. The molecule has 0 aromatic heterocycles. The summed E-state index contributed by atoms with van der Waals surface area (Å²) in [7, 11) is 0. The van der Waals surface area contributed by atoms with Crippen molar-refractivity contribution in [1.29, 1.82) is 0 Å². The molecule has 0 heterocycles. The second-order valence-corrected chi connectivity index (χ2v) is 6.35. The number of hydrogen-bond acceptors (Lipinski definition) is 1. The van der Waals surface area contributed by atoms with Crippen molar-refractivity contribution in [3.8, 4) is 0 Å². The second-order valence-electron chi connectivity index (χ2n) is 6.35. The van der Waals surface area contributed by atoms with E-state index in [-0.39, 0.29) is 5.60 Å². The molecule has 2 atom stereocenters. The normalized spacial score (nSPS) is 16.1. The third kappa shape index (κ3) is 6.43. The zero-order valence-corrected chi connectivity index (χ0v) is 14.7. The van der Waals surface area contributed by atoms with Crippen molar-refractivity contribution in [2.75, 3.05) is 6.61 Å². The average Bonchev–Trinajstić information content (AvgIpc) is 2.44. The van der Waals surface area contributed by atoms with E-state index in [4.69, 9.17) is 4.74 Å². The fraction of sp³-hybridized carbons (Fsp3) is 0.895. The molecule has 2 unspecified atom stereocenters. The van der Waals surface area contributed by atoms with Gasteiger partial charge in [0.15, 0.2) is 0 Å². The Morgan fingerprint density at radius 3 is 2.05 bits per heavy atom. The fourth-order valence-corrected chi connectivity index (χ4v) is 3.38. The van der Waals surface area contributed by atoms with Crippen LogP contribution in [0.5, 0.6) is 0 Å². The van der Waals surface area contributed by atoms with Gasteiger partial charge in [-0.15, -0.1) is 6.58 Å². The Kier molecular flexibility index (Phi) is 11.2. The zero-order valence-electron chi connectivity index (χ0n) is 14.7. The summed E-state index contributed by atoms with van der Waals surface area (Å²) in [6.45, 7) is 16.1. The molecule has 0 radical (unpaired) electrons. The molecule has 0 aliphatic rings. The molecule has 0 aromatic carbocycles. The smallest absolute Gasteiger partial charge is 0.0887 e. The summed E-state index contributed by atoms with van der Waals surface area (Å²) < 4.78 is 6.13. The molecule has 0 saturated carbocycles.